The fraction of sp³-hybridized carbons (Fsp3) is 0.552. The molecule has 0 aromatic carbocycles. The third-order valence-corrected chi connectivity index (χ3v) is 8.42. The SMILES string of the molecule is COc1cc(-c2[nH]c3cnc(C4CCC(NCC5(C)COC5)CC4)c(C)c3c2C(C)C)cn2ncnc12. The van der Waals surface area contributed by atoms with Crippen molar-refractivity contribution < 1.29 is 9.47 Å². The first kappa shape index (κ1) is 24.4. The molecule has 2 N–H and O–H groups in total. The Hall–Kier alpha value is -2.97. The summed E-state index contributed by atoms with van der Waals surface area (Å²) < 4.78 is 12.8. The van der Waals surface area contributed by atoms with E-state index < -0.39 is 0 Å². The zero-order valence-corrected chi connectivity index (χ0v) is 22.6. The van der Waals surface area contributed by atoms with Gasteiger partial charge in [-0.25, -0.2) is 9.50 Å². The van der Waals surface area contributed by atoms with Crippen LogP contribution in [0.2, 0.25) is 0 Å². The smallest absolute Gasteiger partial charge is 0.197 e. The van der Waals surface area contributed by atoms with Gasteiger partial charge in [0, 0.05) is 46.8 Å². The lowest BCUT2D eigenvalue weighted by atomic mass is 9.81. The van der Waals surface area contributed by atoms with Crippen LogP contribution in [-0.4, -0.2) is 57.5 Å². The van der Waals surface area contributed by atoms with Crippen LogP contribution in [0.15, 0.2) is 24.8 Å². The topological polar surface area (TPSA) is 89.4 Å². The number of rotatable bonds is 7. The van der Waals surface area contributed by atoms with Crippen molar-refractivity contribution in [3.05, 3.63) is 41.6 Å². The predicted octanol–water partition coefficient (Wildman–Crippen LogP) is 5.37. The maximum Gasteiger partial charge on any atom is 0.197 e. The first-order chi connectivity index (χ1) is 17.9. The molecule has 1 aliphatic heterocycles. The molecule has 6 rings (SSSR count). The summed E-state index contributed by atoms with van der Waals surface area (Å²) in [6.07, 6.45) is 10.4. The van der Waals surface area contributed by atoms with Crippen molar-refractivity contribution in [3.63, 3.8) is 0 Å². The molecule has 0 radical (unpaired) electrons. The average molecular weight is 503 g/mol. The summed E-state index contributed by atoms with van der Waals surface area (Å²) in [5, 5.41) is 9.49. The van der Waals surface area contributed by atoms with E-state index in [2.05, 4.69) is 54.1 Å². The molecule has 196 valence electrons. The van der Waals surface area contributed by atoms with E-state index in [0.717, 1.165) is 36.5 Å². The molecule has 0 spiro atoms. The standard InChI is InChI=1S/C29H38N6O2/c1-17(2)24-25-18(3)26(19-6-8-21(9-7-19)31-13-29(4)14-37-15-29)30-11-22(25)34-27(24)20-10-23(36-5)28-32-16-33-35(28)12-20/h10-12,16-17,19,21,31,34H,6-9,13-15H2,1-5H3. The molecule has 8 heteroatoms. The zero-order chi connectivity index (χ0) is 25.7. The van der Waals surface area contributed by atoms with Gasteiger partial charge in [0.05, 0.1) is 37.7 Å². The Morgan fingerprint density at radius 1 is 1.22 bits per heavy atom. The Bertz CT molecular complexity index is 1430. The Morgan fingerprint density at radius 2 is 2.00 bits per heavy atom. The maximum atomic E-state index is 5.64. The number of aryl methyl sites for hydroxylation is 1. The van der Waals surface area contributed by atoms with Gasteiger partial charge in [0.1, 0.15) is 6.33 Å². The largest absolute Gasteiger partial charge is 0.493 e. The summed E-state index contributed by atoms with van der Waals surface area (Å²) in [5.74, 6) is 1.56. The summed E-state index contributed by atoms with van der Waals surface area (Å²) in [6, 6.07) is 2.65. The van der Waals surface area contributed by atoms with Gasteiger partial charge in [0.25, 0.3) is 0 Å². The van der Waals surface area contributed by atoms with Crippen molar-refractivity contribution in [1.82, 2.24) is 29.9 Å². The lowest BCUT2D eigenvalue weighted by Crippen LogP contribution is -2.50. The molecule has 4 aromatic heterocycles. The van der Waals surface area contributed by atoms with Crippen molar-refractivity contribution in [2.24, 2.45) is 5.41 Å². The molecule has 8 nitrogen and oxygen atoms in total. The molecule has 5 heterocycles. The molecule has 37 heavy (non-hydrogen) atoms. The van der Waals surface area contributed by atoms with E-state index in [1.807, 2.05) is 12.4 Å². The van der Waals surface area contributed by atoms with Gasteiger partial charge >= 0.3 is 0 Å². The van der Waals surface area contributed by atoms with Crippen LogP contribution >= 0.6 is 0 Å². The maximum absolute atomic E-state index is 5.64. The zero-order valence-electron chi connectivity index (χ0n) is 22.6. The minimum Gasteiger partial charge on any atom is -0.493 e. The number of aromatic amines is 1. The normalized spacial score (nSPS) is 21.6. The van der Waals surface area contributed by atoms with E-state index in [0.29, 0.717) is 34.7 Å². The number of ether oxygens (including phenoxy) is 2. The van der Waals surface area contributed by atoms with Crippen molar-refractivity contribution >= 4 is 16.6 Å². The summed E-state index contributed by atoms with van der Waals surface area (Å²) in [7, 11) is 1.68. The van der Waals surface area contributed by atoms with Crippen LogP contribution in [0.4, 0.5) is 0 Å². The van der Waals surface area contributed by atoms with Crippen LogP contribution in [0.1, 0.15) is 75.1 Å². The Labute approximate surface area is 218 Å². The fourth-order valence-electron chi connectivity index (χ4n) is 6.31. The van der Waals surface area contributed by atoms with E-state index in [9.17, 15) is 0 Å². The Balaban J connectivity index is 1.31. The molecular weight excluding hydrogens is 464 g/mol. The summed E-state index contributed by atoms with van der Waals surface area (Å²) in [6.45, 7) is 11.9. The van der Waals surface area contributed by atoms with E-state index in [1.165, 1.54) is 47.9 Å². The number of hydrogen-bond acceptors (Lipinski definition) is 6. The molecule has 0 amide bonds. The quantitative estimate of drug-likeness (QED) is 0.353. The highest BCUT2D eigenvalue weighted by Crippen LogP contribution is 2.42. The second kappa shape index (κ2) is 9.40. The molecule has 0 bridgehead atoms. The Morgan fingerprint density at radius 3 is 2.68 bits per heavy atom. The van der Waals surface area contributed by atoms with Crippen molar-refractivity contribution in [1.29, 1.82) is 0 Å². The van der Waals surface area contributed by atoms with Gasteiger partial charge in [-0.15, -0.1) is 0 Å². The molecule has 2 fully saturated rings. The second-order valence-electron chi connectivity index (χ2n) is 11.7. The van der Waals surface area contributed by atoms with Gasteiger partial charge in [0.2, 0.25) is 0 Å². The van der Waals surface area contributed by atoms with Crippen LogP contribution in [-0.2, 0) is 4.74 Å². The first-order valence-corrected chi connectivity index (χ1v) is 13.6. The van der Waals surface area contributed by atoms with Crippen LogP contribution in [0.5, 0.6) is 5.75 Å². The van der Waals surface area contributed by atoms with E-state index in [1.54, 1.807) is 18.0 Å². The number of fused-ring (bicyclic) bond motifs is 2. The highest BCUT2D eigenvalue weighted by molar-refractivity contribution is 5.94. The summed E-state index contributed by atoms with van der Waals surface area (Å²) in [5.41, 5.74) is 8.16. The summed E-state index contributed by atoms with van der Waals surface area (Å²) in [4.78, 5) is 13.0. The minimum atomic E-state index is 0.321. The predicted molar refractivity (Wildman–Crippen MR) is 145 cm³/mol. The number of pyridine rings is 2. The van der Waals surface area contributed by atoms with Crippen LogP contribution < -0.4 is 10.1 Å². The molecule has 2 aliphatic rings. The van der Waals surface area contributed by atoms with Crippen LogP contribution in [0, 0.1) is 12.3 Å². The fourth-order valence-corrected chi connectivity index (χ4v) is 6.31. The van der Waals surface area contributed by atoms with Gasteiger partial charge in [-0.1, -0.05) is 20.8 Å². The van der Waals surface area contributed by atoms with E-state index in [4.69, 9.17) is 14.5 Å². The second-order valence-corrected chi connectivity index (χ2v) is 11.7. The third-order valence-electron chi connectivity index (χ3n) is 8.42. The van der Waals surface area contributed by atoms with Crippen molar-refractivity contribution in [2.75, 3.05) is 26.9 Å². The average Bonchev–Trinajstić information content (AvgIpc) is 3.52. The van der Waals surface area contributed by atoms with Gasteiger partial charge in [0.15, 0.2) is 11.4 Å². The minimum absolute atomic E-state index is 0.321. The lowest BCUT2D eigenvalue weighted by molar-refractivity contribution is -0.100. The van der Waals surface area contributed by atoms with E-state index >= 15 is 0 Å². The molecule has 1 saturated heterocycles. The van der Waals surface area contributed by atoms with Gasteiger partial charge < -0.3 is 19.8 Å². The monoisotopic (exact) mass is 502 g/mol. The van der Waals surface area contributed by atoms with Crippen molar-refractivity contribution in [3.8, 4) is 17.0 Å². The third kappa shape index (κ3) is 4.30. The molecular formula is C29H38N6O2. The number of methoxy groups -OCH3 is 1. The number of nitrogens with one attached hydrogen (secondary N) is 2. The van der Waals surface area contributed by atoms with Crippen molar-refractivity contribution in [2.45, 2.75) is 71.3 Å². The lowest BCUT2D eigenvalue weighted by Gasteiger charge is -2.40. The number of nitrogens with zero attached hydrogens (tertiary/aromatic N) is 4. The van der Waals surface area contributed by atoms with Gasteiger partial charge in [-0.2, -0.15) is 5.10 Å². The Kier molecular flexibility index (Phi) is 6.19. The van der Waals surface area contributed by atoms with Crippen LogP contribution in [0.3, 0.4) is 0 Å². The number of aromatic nitrogens is 5. The molecule has 4 aromatic rings. The van der Waals surface area contributed by atoms with Gasteiger partial charge in [-0.3, -0.25) is 4.98 Å². The number of hydrogen-bond donors (Lipinski definition) is 2. The molecule has 0 unspecified atom stereocenters. The highest BCUT2D eigenvalue weighted by atomic mass is 16.5. The van der Waals surface area contributed by atoms with E-state index in [-0.39, 0.29) is 0 Å². The highest BCUT2D eigenvalue weighted by Gasteiger charge is 2.34. The summed E-state index contributed by atoms with van der Waals surface area (Å²) >= 11 is 0. The van der Waals surface area contributed by atoms with Crippen LogP contribution in [0.25, 0.3) is 27.8 Å². The number of H-pyrrole nitrogens is 1. The molecule has 1 aliphatic carbocycles. The molecule has 1 saturated carbocycles. The van der Waals surface area contributed by atoms with Gasteiger partial charge in [-0.05, 0) is 55.7 Å². The molecule has 0 atom stereocenters. The first-order valence-electron chi connectivity index (χ1n) is 13.6.